The Labute approximate surface area is 81.9 Å². The molecule has 1 heterocycles. The average molecular weight is 196 g/mol. The first kappa shape index (κ1) is 10.3. The Morgan fingerprint density at radius 3 is 2.93 bits per heavy atom. The summed E-state index contributed by atoms with van der Waals surface area (Å²) in [6, 6.07) is 0. The molecule has 0 aliphatic carbocycles. The van der Waals surface area contributed by atoms with E-state index < -0.39 is 5.97 Å². The van der Waals surface area contributed by atoms with Crippen molar-refractivity contribution in [3.63, 3.8) is 0 Å². The van der Waals surface area contributed by atoms with Crippen LogP contribution in [0.4, 0.5) is 0 Å². The van der Waals surface area contributed by atoms with Gasteiger partial charge in [0, 0.05) is 20.3 Å². The van der Waals surface area contributed by atoms with E-state index in [0.717, 1.165) is 0 Å². The fraction of sp³-hybridized carbons (Fsp3) is 0.333. The Hall–Kier alpha value is -1.78. The van der Waals surface area contributed by atoms with Crippen LogP contribution in [0.25, 0.3) is 6.08 Å². The maximum atomic E-state index is 11.2. The van der Waals surface area contributed by atoms with Gasteiger partial charge in [0.2, 0.25) is 0 Å². The number of carbonyl (C=O) groups is 1. The molecule has 0 radical (unpaired) electrons. The van der Waals surface area contributed by atoms with Crippen LogP contribution in [-0.4, -0.2) is 37.2 Å². The summed E-state index contributed by atoms with van der Waals surface area (Å²) in [6.45, 7) is 0. The van der Waals surface area contributed by atoms with Crippen LogP contribution in [0.2, 0.25) is 0 Å². The minimum absolute atomic E-state index is 0.325. The van der Waals surface area contributed by atoms with Crippen molar-refractivity contribution in [1.82, 2.24) is 10.1 Å². The average Bonchev–Trinajstić information content (AvgIpc) is 2.61. The summed E-state index contributed by atoms with van der Waals surface area (Å²) in [5.74, 6) is -0.454. The van der Waals surface area contributed by atoms with Gasteiger partial charge in [-0.15, -0.1) is 0 Å². The van der Waals surface area contributed by atoms with E-state index in [2.05, 4.69) is 14.4 Å². The molecule has 0 amide bonds. The molecule has 14 heavy (non-hydrogen) atoms. The Bertz CT molecular complexity index is 342. The van der Waals surface area contributed by atoms with E-state index in [9.17, 15) is 4.79 Å². The van der Waals surface area contributed by atoms with Gasteiger partial charge in [0.1, 0.15) is 17.5 Å². The van der Waals surface area contributed by atoms with E-state index in [1.807, 2.05) is 19.0 Å². The second kappa shape index (κ2) is 4.45. The Morgan fingerprint density at radius 1 is 1.64 bits per heavy atom. The third-order valence-corrected chi connectivity index (χ3v) is 1.53. The molecular weight excluding hydrogens is 184 g/mol. The first-order valence-corrected chi connectivity index (χ1v) is 4.02. The van der Waals surface area contributed by atoms with Crippen LogP contribution in [0.3, 0.4) is 0 Å². The van der Waals surface area contributed by atoms with Gasteiger partial charge in [0.25, 0.3) is 0 Å². The molecular formula is C9H12N2O3. The molecule has 1 aromatic heterocycles. The summed E-state index contributed by atoms with van der Waals surface area (Å²) >= 11 is 0. The standard InChI is InChI=1S/C9H12N2O3/c1-11(2)5-4-8-7(6-14-10-8)9(12)13-3/h4-6H,1-3H3. The lowest BCUT2D eigenvalue weighted by atomic mass is 10.2. The van der Waals surface area contributed by atoms with Gasteiger partial charge in [-0.2, -0.15) is 0 Å². The van der Waals surface area contributed by atoms with Crippen LogP contribution in [0.5, 0.6) is 0 Å². The normalized spacial score (nSPS) is 10.5. The molecule has 0 aromatic carbocycles. The third kappa shape index (κ3) is 2.35. The zero-order valence-electron chi connectivity index (χ0n) is 8.35. The highest BCUT2D eigenvalue weighted by atomic mass is 16.5. The molecule has 1 aromatic rings. The Kier molecular flexibility index (Phi) is 3.28. The van der Waals surface area contributed by atoms with Crippen molar-refractivity contribution in [2.24, 2.45) is 0 Å². The van der Waals surface area contributed by atoms with Crippen molar-refractivity contribution in [1.29, 1.82) is 0 Å². The molecule has 5 heteroatoms. The highest BCUT2D eigenvalue weighted by Crippen LogP contribution is 2.09. The molecule has 0 unspecified atom stereocenters. The topological polar surface area (TPSA) is 55.6 Å². The largest absolute Gasteiger partial charge is 0.465 e. The minimum Gasteiger partial charge on any atom is -0.465 e. The lowest BCUT2D eigenvalue weighted by Gasteiger charge is -2.01. The number of hydrogen-bond acceptors (Lipinski definition) is 5. The number of esters is 1. The van der Waals surface area contributed by atoms with Crippen molar-refractivity contribution in [3.8, 4) is 0 Å². The van der Waals surface area contributed by atoms with Gasteiger partial charge in [-0.1, -0.05) is 5.16 Å². The van der Waals surface area contributed by atoms with E-state index in [1.165, 1.54) is 13.4 Å². The summed E-state index contributed by atoms with van der Waals surface area (Å²) in [4.78, 5) is 13.0. The number of carbonyl (C=O) groups excluding carboxylic acids is 1. The predicted molar refractivity (Wildman–Crippen MR) is 50.6 cm³/mol. The molecule has 0 aliphatic heterocycles. The van der Waals surface area contributed by atoms with Crippen LogP contribution in [-0.2, 0) is 4.74 Å². The molecule has 0 aliphatic rings. The molecule has 0 atom stereocenters. The van der Waals surface area contributed by atoms with E-state index in [0.29, 0.717) is 11.3 Å². The fourth-order valence-corrected chi connectivity index (χ4v) is 0.848. The molecule has 5 nitrogen and oxygen atoms in total. The van der Waals surface area contributed by atoms with E-state index in [1.54, 1.807) is 12.3 Å². The summed E-state index contributed by atoms with van der Waals surface area (Å²) < 4.78 is 9.24. The second-order valence-electron chi connectivity index (χ2n) is 2.88. The number of hydrogen-bond donors (Lipinski definition) is 0. The van der Waals surface area contributed by atoms with Crippen molar-refractivity contribution < 1.29 is 14.1 Å². The second-order valence-corrected chi connectivity index (χ2v) is 2.88. The van der Waals surface area contributed by atoms with E-state index in [4.69, 9.17) is 0 Å². The van der Waals surface area contributed by atoms with Crippen molar-refractivity contribution in [2.45, 2.75) is 0 Å². The molecule has 76 valence electrons. The van der Waals surface area contributed by atoms with Crippen LogP contribution in [0.1, 0.15) is 16.1 Å². The summed E-state index contributed by atoms with van der Waals surface area (Å²) in [5, 5.41) is 3.67. The van der Waals surface area contributed by atoms with E-state index in [-0.39, 0.29) is 0 Å². The van der Waals surface area contributed by atoms with Crippen LogP contribution in [0.15, 0.2) is 17.0 Å². The molecule has 0 saturated heterocycles. The number of rotatable bonds is 3. The van der Waals surface area contributed by atoms with E-state index >= 15 is 0 Å². The SMILES string of the molecule is COC(=O)c1conc1C=CN(C)C. The smallest absolute Gasteiger partial charge is 0.343 e. The Morgan fingerprint density at radius 2 is 2.36 bits per heavy atom. The molecule has 0 bridgehead atoms. The van der Waals surface area contributed by atoms with Gasteiger partial charge in [0.05, 0.1) is 7.11 Å². The minimum atomic E-state index is -0.454. The van der Waals surface area contributed by atoms with Gasteiger partial charge in [-0.3, -0.25) is 0 Å². The number of ether oxygens (including phenoxy) is 1. The summed E-state index contributed by atoms with van der Waals surface area (Å²) in [6.07, 6.45) is 4.71. The first-order valence-electron chi connectivity index (χ1n) is 4.02. The fourth-order valence-electron chi connectivity index (χ4n) is 0.848. The molecule has 0 N–H and O–H groups in total. The number of aromatic nitrogens is 1. The number of nitrogens with zero attached hydrogens (tertiary/aromatic N) is 2. The molecule has 1 rings (SSSR count). The first-order chi connectivity index (χ1) is 6.65. The summed E-state index contributed by atoms with van der Waals surface area (Å²) in [5.41, 5.74) is 0.788. The number of methoxy groups -OCH3 is 1. The maximum Gasteiger partial charge on any atom is 0.343 e. The molecule has 0 spiro atoms. The van der Waals surface area contributed by atoms with Gasteiger partial charge >= 0.3 is 5.97 Å². The third-order valence-electron chi connectivity index (χ3n) is 1.53. The quantitative estimate of drug-likeness (QED) is 0.675. The summed E-state index contributed by atoms with van der Waals surface area (Å²) in [7, 11) is 5.05. The van der Waals surface area contributed by atoms with Crippen molar-refractivity contribution in [2.75, 3.05) is 21.2 Å². The lowest BCUT2D eigenvalue weighted by Crippen LogP contribution is -2.03. The highest BCUT2D eigenvalue weighted by molar-refractivity contribution is 5.92. The molecule has 0 fully saturated rings. The van der Waals surface area contributed by atoms with Gasteiger partial charge in [-0.05, 0) is 6.08 Å². The van der Waals surface area contributed by atoms with Crippen LogP contribution in [0, 0.1) is 0 Å². The zero-order chi connectivity index (χ0) is 10.6. The maximum absolute atomic E-state index is 11.2. The van der Waals surface area contributed by atoms with Crippen molar-refractivity contribution >= 4 is 12.0 Å². The van der Waals surface area contributed by atoms with Crippen LogP contribution >= 0.6 is 0 Å². The van der Waals surface area contributed by atoms with Gasteiger partial charge in [0.15, 0.2) is 0 Å². The lowest BCUT2D eigenvalue weighted by molar-refractivity contribution is 0.0599. The van der Waals surface area contributed by atoms with Gasteiger partial charge < -0.3 is 14.2 Å². The monoisotopic (exact) mass is 196 g/mol. The Balaban J connectivity index is 2.88. The van der Waals surface area contributed by atoms with Crippen LogP contribution < -0.4 is 0 Å². The predicted octanol–water partition coefficient (Wildman–Crippen LogP) is 0.993. The zero-order valence-corrected chi connectivity index (χ0v) is 8.35. The van der Waals surface area contributed by atoms with Crippen molar-refractivity contribution in [3.05, 3.63) is 23.7 Å². The van der Waals surface area contributed by atoms with Gasteiger partial charge in [-0.25, -0.2) is 4.79 Å². The molecule has 0 saturated carbocycles. The highest BCUT2D eigenvalue weighted by Gasteiger charge is 2.13.